The number of rotatable bonds is 8. The Labute approximate surface area is 208 Å². The van der Waals surface area contributed by atoms with Gasteiger partial charge < -0.3 is 15.6 Å². The zero-order valence-corrected chi connectivity index (χ0v) is 20.6. The van der Waals surface area contributed by atoms with Crippen LogP contribution in [0, 0.1) is 11.8 Å². The maximum absolute atomic E-state index is 12.9. The van der Waals surface area contributed by atoms with E-state index in [0.29, 0.717) is 12.5 Å². The maximum Gasteiger partial charge on any atom is 0.386 e. The van der Waals surface area contributed by atoms with Gasteiger partial charge in [-0.25, -0.2) is 13.8 Å². The molecule has 5 rings (SSSR count). The minimum Gasteiger partial charge on any atom is -0.381 e. The molecule has 0 bridgehead atoms. The first kappa shape index (κ1) is 27.9. The summed E-state index contributed by atoms with van der Waals surface area (Å²) in [4.78, 5) is 20.1. The molecular weight excluding hydrogens is 479 g/mol. The van der Waals surface area contributed by atoms with Crippen molar-refractivity contribution in [3.63, 3.8) is 0 Å². The molecule has 0 unspecified atom stereocenters. The van der Waals surface area contributed by atoms with Crippen LogP contribution < -0.4 is 10.6 Å². The summed E-state index contributed by atoms with van der Waals surface area (Å²) in [6.45, 7) is 4.35. The van der Waals surface area contributed by atoms with Crippen molar-refractivity contribution in [2.24, 2.45) is 11.8 Å². The molecule has 1 amide bonds. The number of carbonyl (C=O) groups is 1. The molecule has 36 heavy (non-hydrogen) atoms. The normalized spacial score (nSPS) is 19.4. The molecular formula is C26H35F5N4O. The fraction of sp³-hybridized carbons (Fsp3) is 0.615. The fourth-order valence-electron chi connectivity index (χ4n) is 4.14. The molecule has 3 saturated carbocycles. The van der Waals surface area contributed by atoms with Crippen LogP contribution >= 0.6 is 0 Å². The van der Waals surface area contributed by atoms with Gasteiger partial charge >= 0.3 is 6.18 Å². The van der Waals surface area contributed by atoms with Crippen molar-refractivity contribution in [2.45, 2.75) is 89.4 Å². The van der Waals surface area contributed by atoms with Crippen molar-refractivity contribution in [2.75, 3.05) is 0 Å². The highest BCUT2D eigenvalue weighted by molar-refractivity contribution is 5.78. The second-order valence-corrected chi connectivity index (χ2v) is 9.97. The van der Waals surface area contributed by atoms with Crippen molar-refractivity contribution >= 4 is 16.9 Å². The molecule has 1 aromatic heterocycles. The molecule has 0 spiro atoms. The topological polar surface area (TPSA) is 69.8 Å². The Bertz CT molecular complexity index is 997. The highest BCUT2D eigenvalue weighted by Crippen LogP contribution is 2.44. The van der Waals surface area contributed by atoms with E-state index < -0.39 is 12.1 Å². The number of alkyl halides is 5. The molecule has 1 atom stereocenters. The average Bonchev–Trinajstić information content (AvgIpc) is 3.53. The predicted octanol–water partition coefficient (Wildman–Crippen LogP) is 6.93. The minimum absolute atomic E-state index is 0.141. The molecule has 3 aliphatic rings. The second-order valence-electron chi connectivity index (χ2n) is 9.97. The monoisotopic (exact) mass is 514 g/mol. The van der Waals surface area contributed by atoms with E-state index in [0.717, 1.165) is 22.4 Å². The van der Waals surface area contributed by atoms with E-state index in [1.54, 1.807) is 6.20 Å². The first-order chi connectivity index (χ1) is 16.9. The van der Waals surface area contributed by atoms with Crippen LogP contribution in [0.1, 0.15) is 82.1 Å². The number of imidazole rings is 1. The Morgan fingerprint density at radius 2 is 1.86 bits per heavy atom. The zero-order chi connectivity index (χ0) is 26.3. The largest absolute Gasteiger partial charge is 0.386 e. The second kappa shape index (κ2) is 12.1. The molecule has 0 saturated heterocycles. The fourth-order valence-corrected chi connectivity index (χ4v) is 4.14. The number of nitrogens with one attached hydrogen (secondary N) is 3. The van der Waals surface area contributed by atoms with Gasteiger partial charge in [-0.3, -0.25) is 4.79 Å². The third-order valence-corrected chi connectivity index (χ3v) is 6.27. The van der Waals surface area contributed by atoms with Crippen molar-refractivity contribution in [3.8, 4) is 0 Å². The summed E-state index contributed by atoms with van der Waals surface area (Å²) in [6.07, 6.45) is 5.66. The number of carbonyl (C=O) groups excluding carboxylic acids is 1. The van der Waals surface area contributed by atoms with Crippen LogP contribution in [0.4, 0.5) is 22.0 Å². The lowest BCUT2D eigenvalue weighted by Crippen LogP contribution is -2.38. The van der Waals surface area contributed by atoms with E-state index in [-0.39, 0.29) is 44.1 Å². The Morgan fingerprint density at radius 3 is 2.36 bits per heavy atom. The van der Waals surface area contributed by atoms with Gasteiger partial charge in [0.25, 0.3) is 0 Å². The first-order valence-corrected chi connectivity index (χ1v) is 12.5. The van der Waals surface area contributed by atoms with Crippen LogP contribution in [0.3, 0.4) is 0 Å². The summed E-state index contributed by atoms with van der Waals surface area (Å²) >= 11 is 0. The van der Waals surface area contributed by atoms with E-state index >= 15 is 0 Å². The number of aromatic nitrogens is 2. The number of fused-ring (bicyclic) bond motifs is 1. The molecule has 0 aliphatic heterocycles. The number of halogens is 5. The van der Waals surface area contributed by atoms with Crippen molar-refractivity contribution in [3.05, 3.63) is 42.4 Å². The Hall–Kier alpha value is -2.65. The van der Waals surface area contributed by atoms with Gasteiger partial charge in [0.15, 0.2) is 0 Å². The summed E-state index contributed by atoms with van der Waals surface area (Å²) in [5.41, 5.74) is 2.76. The van der Waals surface area contributed by atoms with E-state index in [9.17, 15) is 26.7 Å². The predicted molar refractivity (Wildman–Crippen MR) is 129 cm³/mol. The number of H-pyrrole nitrogens is 1. The minimum atomic E-state index is -4.00. The first-order valence-electron chi connectivity index (χ1n) is 12.5. The molecule has 1 heterocycles. The van der Waals surface area contributed by atoms with E-state index in [1.165, 1.54) is 38.5 Å². The SMILES string of the molecule is C1CC1.C=CN[C@H](c1nc2ccc(CNC(=O)CC3CC(F)(F)C3)cc2[nH]1)C1CCC1.CC(F)(F)F. The highest BCUT2D eigenvalue weighted by atomic mass is 19.4. The van der Waals surface area contributed by atoms with E-state index in [4.69, 9.17) is 4.98 Å². The van der Waals surface area contributed by atoms with Gasteiger partial charge in [0, 0.05) is 32.7 Å². The highest BCUT2D eigenvalue weighted by Gasteiger charge is 2.45. The number of hydrogen-bond acceptors (Lipinski definition) is 3. The van der Waals surface area contributed by atoms with Gasteiger partial charge in [-0.05, 0) is 48.6 Å². The molecule has 200 valence electrons. The number of hydrogen-bond donors (Lipinski definition) is 3. The van der Waals surface area contributed by atoms with Gasteiger partial charge in [-0.1, -0.05) is 38.3 Å². The molecule has 5 nitrogen and oxygen atoms in total. The Balaban J connectivity index is 0.000000389. The molecule has 10 heteroatoms. The van der Waals surface area contributed by atoms with Gasteiger partial charge in [-0.15, -0.1) is 0 Å². The summed E-state index contributed by atoms with van der Waals surface area (Å²) in [5.74, 6) is -1.48. The van der Waals surface area contributed by atoms with Crippen LogP contribution in [0.2, 0.25) is 0 Å². The lowest BCUT2D eigenvalue weighted by atomic mass is 9.79. The van der Waals surface area contributed by atoms with Crippen LogP contribution in [0.5, 0.6) is 0 Å². The third-order valence-electron chi connectivity index (χ3n) is 6.27. The van der Waals surface area contributed by atoms with Gasteiger partial charge in [0.2, 0.25) is 11.8 Å². The molecule has 2 aromatic rings. The van der Waals surface area contributed by atoms with E-state index in [1.807, 2.05) is 18.2 Å². The van der Waals surface area contributed by atoms with Crippen molar-refractivity contribution < 1.29 is 26.7 Å². The van der Waals surface area contributed by atoms with Crippen LogP contribution in [0.15, 0.2) is 31.0 Å². The average molecular weight is 515 g/mol. The number of nitrogens with zero attached hydrogens (tertiary/aromatic N) is 1. The number of amides is 1. The molecule has 0 radical (unpaired) electrons. The third kappa shape index (κ3) is 9.43. The Kier molecular flexibility index (Phi) is 9.35. The van der Waals surface area contributed by atoms with Crippen LogP contribution in [-0.2, 0) is 11.3 Å². The summed E-state index contributed by atoms with van der Waals surface area (Å²) < 4.78 is 56.8. The Morgan fingerprint density at radius 1 is 1.22 bits per heavy atom. The number of aromatic amines is 1. The lowest BCUT2D eigenvalue weighted by Gasteiger charge is -2.34. The van der Waals surface area contributed by atoms with Crippen LogP contribution in [-0.4, -0.2) is 28.0 Å². The number of benzene rings is 1. The summed E-state index contributed by atoms with van der Waals surface area (Å²) in [6, 6.07) is 6.00. The molecule has 1 aromatic carbocycles. The standard InChI is InChI=1S/C21H26F2N4O.C3H6.C2H3F3/c1-2-24-19(15-4-3-5-15)20-26-16-7-6-13(8-17(16)27-20)12-25-18(28)9-14-10-21(22,23)11-14;1-2-3-1;1-2(3,4)5/h2,6-8,14-15,19,24H,1,3-5,9-12H2,(H,25,28)(H,26,27);1-3H2;1H3/t19-;;/m0../s1. The quantitative estimate of drug-likeness (QED) is 0.335. The van der Waals surface area contributed by atoms with E-state index in [2.05, 4.69) is 22.2 Å². The lowest BCUT2D eigenvalue weighted by molar-refractivity contribution is -0.133. The maximum atomic E-state index is 12.9. The van der Waals surface area contributed by atoms with Crippen molar-refractivity contribution in [1.29, 1.82) is 0 Å². The summed E-state index contributed by atoms with van der Waals surface area (Å²) in [5, 5.41) is 6.14. The molecule has 3 aliphatic carbocycles. The summed E-state index contributed by atoms with van der Waals surface area (Å²) in [7, 11) is 0. The molecule has 3 fully saturated rings. The van der Waals surface area contributed by atoms with Crippen LogP contribution in [0.25, 0.3) is 11.0 Å². The van der Waals surface area contributed by atoms with Gasteiger partial charge in [0.05, 0.1) is 17.1 Å². The van der Waals surface area contributed by atoms with Crippen molar-refractivity contribution in [1.82, 2.24) is 20.6 Å². The zero-order valence-electron chi connectivity index (χ0n) is 20.6. The van der Waals surface area contributed by atoms with Gasteiger partial charge in [0.1, 0.15) is 5.82 Å². The smallest absolute Gasteiger partial charge is 0.381 e. The van der Waals surface area contributed by atoms with Gasteiger partial charge in [-0.2, -0.15) is 13.2 Å². The molecule has 3 N–H and O–H groups in total.